The zero-order valence-corrected chi connectivity index (χ0v) is 13.1. The molecule has 0 amide bonds. The van der Waals surface area contributed by atoms with Crippen molar-refractivity contribution < 1.29 is 4.74 Å². The molecule has 1 aromatic rings. The molecule has 0 radical (unpaired) electrons. The van der Waals surface area contributed by atoms with E-state index in [-0.39, 0.29) is 6.10 Å². The lowest BCUT2D eigenvalue weighted by Gasteiger charge is -2.32. The third-order valence-electron chi connectivity index (χ3n) is 4.14. The molecule has 21 heavy (non-hydrogen) atoms. The molecule has 5 heteroatoms. The summed E-state index contributed by atoms with van der Waals surface area (Å²) >= 11 is 0. The van der Waals surface area contributed by atoms with Crippen molar-refractivity contribution in [2.75, 3.05) is 24.5 Å². The van der Waals surface area contributed by atoms with E-state index in [4.69, 9.17) is 4.74 Å². The van der Waals surface area contributed by atoms with Crippen LogP contribution < -0.4 is 15.0 Å². The van der Waals surface area contributed by atoms with Crippen molar-refractivity contribution in [3.8, 4) is 5.88 Å². The zero-order chi connectivity index (χ0) is 14.7. The smallest absolute Gasteiger partial charge is 0.228 e. The molecule has 0 aromatic carbocycles. The van der Waals surface area contributed by atoms with Crippen LogP contribution in [0.15, 0.2) is 12.3 Å². The summed E-state index contributed by atoms with van der Waals surface area (Å²) in [5.74, 6) is 2.28. The van der Waals surface area contributed by atoms with Gasteiger partial charge in [-0.3, -0.25) is 0 Å². The molecule has 2 aliphatic rings. The van der Waals surface area contributed by atoms with Gasteiger partial charge < -0.3 is 15.0 Å². The lowest BCUT2D eigenvalue weighted by molar-refractivity contribution is 0.232. The van der Waals surface area contributed by atoms with Gasteiger partial charge in [0.2, 0.25) is 11.8 Å². The number of hydrogen-bond donors (Lipinski definition) is 1. The van der Waals surface area contributed by atoms with Crippen LogP contribution in [0.25, 0.3) is 0 Å². The van der Waals surface area contributed by atoms with E-state index in [1.165, 1.54) is 32.2 Å². The summed E-state index contributed by atoms with van der Waals surface area (Å²) in [4.78, 5) is 11.2. The molecule has 0 spiro atoms. The van der Waals surface area contributed by atoms with E-state index in [0.717, 1.165) is 31.0 Å². The van der Waals surface area contributed by atoms with E-state index < -0.39 is 0 Å². The summed E-state index contributed by atoms with van der Waals surface area (Å²) in [6.07, 6.45) is 7.12. The van der Waals surface area contributed by atoms with Crippen molar-refractivity contribution in [3.63, 3.8) is 0 Å². The first-order chi connectivity index (χ1) is 10.2. The monoisotopic (exact) mass is 290 g/mol. The van der Waals surface area contributed by atoms with E-state index in [2.05, 4.69) is 20.2 Å². The molecule has 116 valence electrons. The highest BCUT2D eigenvalue weighted by Gasteiger charge is 2.25. The molecule has 1 aromatic heterocycles. The van der Waals surface area contributed by atoms with Gasteiger partial charge in [0.1, 0.15) is 0 Å². The Morgan fingerprint density at radius 3 is 2.71 bits per heavy atom. The number of nitrogens with zero attached hydrogens (tertiary/aromatic N) is 3. The predicted molar refractivity (Wildman–Crippen MR) is 83.8 cm³/mol. The highest BCUT2D eigenvalue weighted by atomic mass is 16.5. The van der Waals surface area contributed by atoms with Crippen molar-refractivity contribution in [2.24, 2.45) is 5.92 Å². The van der Waals surface area contributed by atoms with Crippen molar-refractivity contribution in [3.05, 3.63) is 12.3 Å². The third kappa shape index (κ3) is 4.30. The number of nitrogens with one attached hydrogen (secondary N) is 1. The van der Waals surface area contributed by atoms with Crippen LogP contribution in [0, 0.1) is 5.92 Å². The fraction of sp³-hybridized carbons (Fsp3) is 0.750. The molecule has 2 fully saturated rings. The average molecular weight is 290 g/mol. The molecule has 1 saturated heterocycles. The van der Waals surface area contributed by atoms with E-state index in [1.54, 1.807) is 6.20 Å². The molecular formula is C16H26N4O. The van der Waals surface area contributed by atoms with Crippen LogP contribution in [0.5, 0.6) is 5.88 Å². The number of hydrogen-bond acceptors (Lipinski definition) is 5. The molecule has 1 N–H and O–H groups in total. The van der Waals surface area contributed by atoms with Crippen molar-refractivity contribution in [1.29, 1.82) is 0 Å². The Hall–Kier alpha value is -1.36. The van der Waals surface area contributed by atoms with Gasteiger partial charge in [0.15, 0.2) is 0 Å². The van der Waals surface area contributed by atoms with Crippen LogP contribution in [0.1, 0.15) is 39.5 Å². The maximum Gasteiger partial charge on any atom is 0.228 e. The molecule has 0 unspecified atom stereocenters. The number of rotatable bonds is 6. The third-order valence-corrected chi connectivity index (χ3v) is 4.14. The van der Waals surface area contributed by atoms with Crippen LogP contribution in [0.4, 0.5) is 5.95 Å². The second kappa shape index (κ2) is 6.60. The first-order valence-corrected chi connectivity index (χ1v) is 8.19. The highest BCUT2D eigenvalue weighted by molar-refractivity contribution is 5.32. The summed E-state index contributed by atoms with van der Waals surface area (Å²) in [7, 11) is 0. The minimum absolute atomic E-state index is 0.145. The first kappa shape index (κ1) is 14.6. The van der Waals surface area contributed by atoms with E-state index >= 15 is 0 Å². The van der Waals surface area contributed by atoms with E-state index in [1.807, 2.05) is 19.9 Å². The molecule has 5 nitrogen and oxygen atoms in total. The molecule has 3 rings (SSSR count). The van der Waals surface area contributed by atoms with Crippen molar-refractivity contribution >= 4 is 5.95 Å². The maximum absolute atomic E-state index is 5.65. The largest absolute Gasteiger partial charge is 0.475 e. The number of ether oxygens (including phenoxy) is 1. The first-order valence-electron chi connectivity index (χ1n) is 8.19. The number of aromatic nitrogens is 2. The number of anilines is 1. The lowest BCUT2D eigenvalue weighted by atomic mass is 9.97. The van der Waals surface area contributed by atoms with Crippen LogP contribution in [0.3, 0.4) is 0 Å². The predicted octanol–water partition coefficient (Wildman–Crippen LogP) is 2.23. The average Bonchev–Trinajstić information content (AvgIpc) is 3.29. The van der Waals surface area contributed by atoms with Crippen LogP contribution in [-0.4, -0.2) is 41.7 Å². The summed E-state index contributed by atoms with van der Waals surface area (Å²) in [6.45, 7) is 7.29. The van der Waals surface area contributed by atoms with Crippen LogP contribution in [-0.2, 0) is 0 Å². The fourth-order valence-corrected chi connectivity index (χ4v) is 2.75. The Bertz CT molecular complexity index is 453. The summed E-state index contributed by atoms with van der Waals surface area (Å²) in [5.41, 5.74) is 0. The van der Waals surface area contributed by atoms with Crippen LogP contribution in [0.2, 0.25) is 0 Å². The Balaban J connectivity index is 1.51. The second-order valence-corrected chi connectivity index (χ2v) is 6.47. The molecule has 0 bridgehead atoms. The standard InChI is InChI=1S/C16H26N4O/c1-12(2)21-15-5-8-17-16(19-15)20-9-6-13(7-10-20)11-18-14-3-4-14/h5,8,12-14,18H,3-4,6-7,9-11H2,1-2H3. The van der Waals surface area contributed by atoms with Gasteiger partial charge in [-0.2, -0.15) is 4.98 Å². The van der Waals surface area contributed by atoms with Gasteiger partial charge in [-0.25, -0.2) is 4.98 Å². The minimum atomic E-state index is 0.145. The summed E-state index contributed by atoms with van der Waals surface area (Å²) in [6, 6.07) is 2.65. The Kier molecular flexibility index (Phi) is 4.58. The van der Waals surface area contributed by atoms with E-state index in [0.29, 0.717) is 5.88 Å². The maximum atomic E-state index is 5.65. The van der Waals surface area contributed by atoms with Crippen molar-refractivity contribution in [2.45, 2.75) is 51.7 Å². The minimum Gasteiger partial charge on any atom is -0.475 e. The summed E-state index contributed by atoms with van der Waals surface area (Å²) < 4.78 is 5.65. The molecule has 1 saturated carbocycles. The SMILES string of the molecule is CC(C)Oc1ccnc(N2CCC(CNC3CC3)CC2)n1. The van der Waals surface area contributed by atoms with Crippen LogP contribution >= 0.6 is 0 Å². The second-order valence-electron chi connectivity index (χ2n) is 6.47. The molecular weight excluding hydrogens is 264 g/mol. The van der Waals surface area contributed by atoms with Gasteiger partial charge in [0, 0.05) is 31.4 Å². The molecule has 1 aliphatic carbocycles. The fourth-order valence-electron chi connectivity index (χ4n) is 2.75. The van der Waals surface area contributed by atoms with Gasteiger partial charge in [0.05, 0.1) is 6.10 Å². The van der Waals surface area contributed by atoms with Gasteiger partial charge in [-0.15, -0.1) is 0 Å². The topological polar surface area (TPSA) is 50.3 Å². The Morgan fingerprint density at radius 1 is 1.29 bits per heavy atom. The van der Waals surface area contributed by atoms with Gasteiger partial charge in [0.25, 0.3) is 0 Å². The number of piperidine rings is 1. The highest BCUT2D eigenvalue weighted by Crippen LogP contribution is 2.24. The normalized spacial score (nSPS) is 20.0. The molecule has 1 aliphatic heterocycles. The van der Waals surface area contributed by atoms with Gasteiger partial charge in [-0.05, 0) is 52.0 Å². The quantitative estimate of drug-likeness (QED) is 0.870. The molecule has 2 heterocycles. The van der Waals surface area contributed by atoms with Crippen molar-refractivity contribution in [1.82, 2.24) is 15.3 Å². The lowest BCUT2D eigenvalue weighted by Crippen LogP contribution is -2.38. The summed E-state index contributed by atoms with van der Waals surface area (Å²) in [5, 5.41) is 3.64. The van der Waals surface area contributed by atoms with Gasteiger partial charge >= 0.3 is 0 Å². The van der Waals surface area contributed by atoms with E-state index in [9.17, 15) is 0 Å². The molecule has 0 atom stereocenters. The van der Waals surface area contributed by atoms with Gasteiger partial charge in [-0.1, -0.05) is 0 Å². The Morgan fingerprint density at radius 2 is 2.05 bits per heavy atom. The zero-order valence-electron chi connectivity index (χ0n) is 13.1. The Labute approximate surface area is 127 Å².